The van der Waals surface area contributed by atoms with Crippen molar-refractivity contribution in [3.05, 3.63) is 151 Å². The number of aromatic nitrogens is 2. The van der Waals surface area contributed by atoms with E-state index in [0.29, 0.717) is 11.5 Å². The molecule has 0 N–H and O–H groups in total. The third kappa shape index (κ3) is 4.69. The highest BCUT2D eigenvalue weighted by molar-refractivity contribution is 7.26. The molecule has 4 nitrogen and oxygen atoms in total. The zero-order chi connectivity index (χ0) is 30.3. The molecule has 0 spiro atoms. The number of nitrogens with zero attached hydrogens (tertiary/aromatic N) is 4. The first-order valence-corrected chi connectivity index (χ1v) is 15.3. The first-order valence-electron chi connectivity index (χ1n) is 14.5. The Morgan fingerprint density at radius 1 is 0.556 bits per heavy atom. The van der Waals surface area contributed by atoms with Gasteiger partial charge in [-0.05, 0) is 104 Å². The minimum atomic E-state index is 0.395. The molecule has 208 valence electrons. The summed E-state index contributed by atoms with van der Waals surface area (Å²) in [5.41, 5.74) is 9.09. The van der Waals surface area contributed by atoms with Gasteiger partial charge >= 0.3 is 0 Å². The maximum atomic E-state index is 9.30. The lowest BCUT2D eigenvalue weighted by atomic mass is 9.93. The molecule has 0 saturated carbocycles. The van der Waals surface area contributed by atoms with Crippen LogP contribution < -0.4 is 0 Å². The SMILES string of the molecule is [C-]#[N+]c1cc(-c2cccc(-c3cc4sc5cc(-c6cccc(-c7ccnc(C#N)c7)c6)ccc5c4c4ccccc34)c2)ccn1. The summed E-state index contributed by atoms with van der Waals surface area (Å²) in [6, 6.07) is 44.4. The Morgan fingerprint density at radius 3 is 1.96 bits per heavy atom. The van der Waals surface area contributed by atoms with E-state index in [1.807, 2.05) is 35.6 Å². The Balaban J connectivity index is 1.26. The van der Waals surface area contributed by atoms with Gasteiger partial charge in [0, 0.05) is 26.4 Å². The van der Waals surface area contributed by atoms with Crippen molar-refractivity contribution in [2.45, 2.75) is 0 Å². The van der Waals surface area contributed by atoms with Crippen LogP contribution in [0.15, 0.2) is 134 Å². The van der Waals surface area contributed by atoms with Crippen molar-refractivity contribution in [3.63, 3.8) is 0 Å². The van der Waals surface area contributed by atoms with Crippen molar-refractivity contribution in [2.75, 3.05) is 0 Å². The smallest absolute Gasteiger partial charge is 0.270 e. The van der Waals surface area contributed by atoms with Gasteiger partial charge in [0.1, 0.15) is 18.0 Å². The van der Waals surface area contributed by atoms with Crippen LogP contribution >= 0.6 is 11.3 Å². The molecule has 0 amide bonds. The van der Waals surface area contributed by atoms with Crippen LogP contribution in [0.25, 0.3) is 80.3 Å². The van der Waals surface area contributed by atoms with Crippen LogP contribution in [0.1, 0.15) is 5.69 Å². The second-order valence-electron chi connectivity index (χ2n) is 10.9. The second kappa shape index (κ2) is 10.8. The molecule has 0 saturated heterocycles. The van der Waals surface area contributed by atoms with Crippen LogP contribution in [0.5, 0.6) is 0 Å². The molecule has 0 aliphatic heterocycles. The predicted octanol–water partition coefficient (Wildman–Crippen LogP) is 11.1. The van der Waals surface area contributed by atoms with E-state index in [1.54, 1.807) is 12.4 Å². The Kier molecular flexibility index (Phi) is 6.38. The van der Waals surface area contributed by atoms with Crippen molar-refractivity contribution < 1.29 is 0 Å². The molecule has 5 heteroatoms. The van der Waals surface area contributed by atoms with E-state index in [1.165, 1.54) is 36.5 Å². The summed E-state index contributed by atoms with van der Waals surface area (Å²) in [7, 11) is 0. The largest absolute Gasteiger partial charge is 0.361 e. The Labute approximate surface area is 264 Å². The van der Waals surface area contributed by atoms with Gasteiger partial charge in [0.15, 0.2) is 0 Å². The van der Waals surface area contributed by atoms with Gasteiger partial charge < -0.3 is 4.85 Å². The molecule has 8 rings (SSSR count). The van der Waals surface area contributed by atoms with E-state index in [4.69, 9.17) is 6.57 Å². The molecule has 45 heavy (non-hydrogen) atoms. The highest BCUT2D eigenvalue weighted by atomic mass is 32.1. The number of hydrogen-bond donors (Lipinski definition) is 0. The summed E-state index contributed by atoms with van der Waals surface area (Å²) >= 11 is 1.82. The number of thiophene rings is 1. The van der Waals surface area contributed by atoms with Crippen LogP contribution in [-0.2, 0) is 0 Å². The molecule has 5 aromatic carbocycles. The topological polar surface area (TPSA) is 53.9 Å². The number of hydrogen-bond acceptors (Lipinski definition) is 4. The number of fused-ring (bicyclic) bond motifs is 5. The first kappa shape index (κ1) is 26.5. The average molecular weight is 591 g/mol. The maximum Gasteiger partial charge on any atom is 0.270 e. The molecule has 0 radical (unpaired) electrons. The maximum absolute atomic E-state index is 9.30. The van der Waals surface area contributed by atoms with Crippen molar-refractivity contribution in [3.8, 4) is 50.6 Å². The fraction of sp³-hybridized carbons (Fsp3) is 0. The Morgan fingerprint density at radius 2 is 1.20 bits per heavy atom. The summed E-state index contributed by atoms with van der Waals surface area (Å²) < 4.78 is 2.48. The third-order valence-electron chi connectivity index (χ3n) is 8.25. The van der Waals surface area contributed by atoms with E-state index < -0.39 is 0 Å². The minimum absolute atomic E-state index is 0.395. The van der Waals surface area contributed by atoms with E-state index >= 15 is 0 Å². The quantitative estimate of drug-likeness (QED) is 0.192. The zero-order valence-corrected chi connectivity index (χ0v) is 24.7. The fourth-order valence-corrected chi connectivity index (χ4v) is 7.33. The number of rotatable bonds is 4. The fourth-order valence-electron chi connectivity index (χ4n) is 6.13. The molecule has 0 unspecified atom stereocenters. The molecule has 0 fully saturated rings. The van der Waals surface area contributed by atoms with Crippen LogP contribution in [-0.4, -0.2) is 9.97 Å². The van der Waals surface area contributed by atoms with E-state index in [-0.39, 0.29) is 0 Å². The molecule has 3 heterocycles. The molecule has 0 aliphatic rings. The molecule has 0 atom stereocenters. The van der Waals surface area contributed by atoms with Crippen LogP contribution in [0.4, 0.5) is 5.82 Å². The van der Waals surface area contributed by atoms with E-state index in [9.17, 15) is 5.26 Å². The molecule has 8 aromatic rings. The molecular formula is C40H22N4S. The van der Waals surface area contributed by atoms with Crippen molar-refractivity contribution in [1.29, 1.82) is 5.26 Å². The number of benzene rings is 5. The van der Waals surface area contributed by atoms with Gasteiger partial charge in [-0.25, -0.2) is 4.98 Å². The van der Waals surface area contributed by atoms with Crippen LogP contribution in [0.2, 0.25) is 0 Å². The second-order valence-corrected chi connectivity index (χ2v) is 12.0. The summed E-state index contributed by atoms with van der Waals surface area (Å²) in [5.74, 6) is 0.395. The van der Waals surface area contributed by atoms with Crippen molar-refractivity contribution >= 4 is 48.1 Å². The lowest BCUT2D eigenvalue weighted by Gasteiger charge is -2.11. The number of pyridine rings is 2. The van der Waals surface area contributed by atoms with E-state index in [0.717, 1.165) is 38.9 Å². The Hall–Kier alpha value is -6.14. The first-order chi connectivity index (χ1) is 22.2. The zero-order valence-electron chi connectivity index (χ0n) is 23.9. The van der Waals surface area contributed by atoms with Gasteiger partial charge in [0.05, 0.1) is 0 Å². The highest BCUT2D eigenvalue weighted by Gasteiger charge is 2.15. The van der Waals surface area contributed by atoms with Crippen molar-refractivity contribution in [1.82, 2.24) is 9.97 Å². The minimum Gasteiger partial charge on any atom is -0.361 e. The number of nitriles is 1. The van der Waals surface area contributed by atoms with Gasteiger partial charge in [-0.15, -0.1) is 16.3 Å². The molecule has 0 aliphatic carbocycles. The van der Waals surface area contributed by atoms with Gasteiger partial charge in [0.2, 0.25) is 0 Å². The molecule has 3 aromatic heterocycles. The summed E-state index contributed by atoms with van der Waals surface area (Å²) in [6.07, 6.45) is 3.38. The molecule has 0 bridgehead atoms. The van der Waals surface area contributed by atoms with Crippen molar-refractivity contribution in [2.24, 2.45) is 0 Å². The summed E-state index contributed by atoms with van der Waals surface area (Å²) in [4.78, 5) is 11.8. The monoisotopic (exact) mass is 590 g/mol. The third-order valence-corrected chi connectivity index (χ3v) is 9.35. The lowest BCUT2D eigenvalue weighted by Crippen LogP contribution is -1.85. The highest BCUT2D eigenvalue weighted by Crippen LogP contribution is 2.44. The van der Waals surface area contributed by atoms with Crippen LogP contribution in [0.3, 0.4) is 0 Å². The van der Waals surface area contributed by atoms with E-state index in [2.05, 4.69) is 118 Å². The summed E-state index contributed by atoms with van der Waals surface area (Å²) in [6.45, 7) is 7.37. The Bertz CT molecular complexity index is 2530. The standard InChI is InChI=1S/C40H22N4S/c1-42-39-22-30(15-17-44-39)27-8-5-9-31(19-27)36-23-38-40(34-11-3-2-10-33(34)36)35-13-12-28(21-37(35)45-38)25-6-4-7-26(18-25)29-14-16-43-32(20-29)24-41/h2-23H. The lowest BCUT2D eigenvalue weighted by molar-refractivity contribution is 1.26. The average Bonchev–Trinajstić information content (AvgIpc) is 3.49. The van der Waals surface area contributed by atoms with Gasteiger partial charge in [-0.3, -0.25) is 0 Å². The van der Waals surface area contributed by atoms with Gasteiger partial charge in [0.25, 0.3) is 5.82 Å². The normalized spacial score (nSPS) is 11.1. The summed E-state index contributed by atoms with van der Waals surface area (Å²) in [5, 5.41) is 14.3. The van der Waals surface area contributed by atoms with Gasteiger partial charge in [-0.2, -0.15) is 5.26 Å². The predicted molar refractivity (Wildman–Crippen MR) is 185 cm³/mol. The molecular weight excluding hydrogens is 569 g/mol. The van der Waals surface area contributed by atoms with Gasteiger partial charge in [-0.1, -0.05) is 79.4 Å². The van der Waals surface area contributed by atoms with Crippen LogP contribution in [0, 0.1) is 17.9 Å².